The molecule has 1 aliphatic rings. The zero-order valence-electron chi connectivity index (χ0n) is 14.7. The Labute approximate surface area is 159 Å². The Kier molecular flexibility index (Phi) is 6.53. The number of phenolic OH excluding ortho intramolecular Hbond substituents is 1. The second-order valence-electron chi connectivity index (χ2n) is 6.84. The molecule has 26 heavy (non-hydrogen) atoms. The lowest BCUT2D eigenvalue weighted by Crippen LogP contribution is -2.32. The van der Waals surface area contributed by atoms with Gasteiger partial charge in [-0.2, -0.15) is 0 Å². The molecule has 2 aromatic carbocycles. The summed E-state index contributed by atoms with van der Waals surface area (Å²) in [7, 11) is 0. The summed E-state index contributed by atoms with van der Waals surface area (Å²) in [5.74, 6) is 0.566. The normalized spacial score (nSPS) is 19.9. The number of carbonyl (C=O) groups excluding carboxylic acids is 1. The second-order valence-corrected chi connectivity index (χ2v) is 7.27. The first kappa shape index (κ1) is 18.7. The largest absolute Gasteiger partial charge is 0.508 e. The molecule has 3 rings (SSSR count). The summed E-state index contributed by atoms with van der Waals surface area (Å²) in [5, 5.41) is 13.0. The van der Waals surface area contributed by atoms with Crippen molar-refractivity contribution >= 4 is 17.5 Å². The van der Waals surface area contributed by atoms with Crippen molar-refractivity contribution in [3.63, 3.8) is 0 Å². The van der Waals surface area contributed by atoms with Crippen LogP contribution in [-0.4, -0.2) is 23.7 Å². The Balaban J connectivity index is 1.36. The van der Waals surface area contributed by atoms with Crippen LogP contribution in [0.4, 0.5) is 0 Å². The summed E-state index contributed by atoms with van der Waals surface area (Å²) in [6.45, 7) is 1.30. The molecule has 0 saturated heterocycles. The SMILES string of the molecule is O=C(NCC1CCC(OCc2ccc(Cl)cc2)CC1)c1ccc(O)cc1. The molecule has 0 bridgehead atoms. The number of rotatable bonds is 6. The van der Waals surface area contributed by atoms with Crippen LogP contribution in [0.5, 0.6) is 5.75 Å². The minimum Gasteiger partial charge on any atom is -0.508 e. The molecule has 1 fully saturated rings. The van der Waals surface area contributed by atoms with Crippen molar-refractivity contribution in [3.05, 3.63) is 64.7 Å². The van der Waals surface area contributed by atoms with Gasteiger partial charge in [-0.1, -0.05) is 23.7 Å². The maximum absolute atomic E-state index is 12.1. The second kappa shape index (κ2) is 9.06. The highest BCUT2D eigenvalue weighted by molar-refractivity contribution is 6.30. The van der Waals surface area contributed by atoms with Gasteiger partial charge in [0, 0.05) is 17.1 Å². The molecule has 0 aromatic heterocycles. The number of nitrogens with one attached hydrogen (secondary N) is 1. The molecule has 1 aliphatic carbocycles. The van der Waals surface area contributed by atoms with Crippen molar-refractivity contribution in [3.8, 4) is 5.75 Å². The first-order valence-corrected chi connectivity index (χ1v) is 9.41. The number of carbonyl (C=O) groups is 1. The van der Waals surface area contributed by atoms with E-state index in [0.717, 1.165) is 36.3 Å². The molecule has 2 N–H and O–H groups in total. The fraction of sp³-hybridized carbons (Fsp3) is 0.381. The molecule has 0 aliphatic heterocycles. The zero-order chi connectivity index (χ0) is 18.4. The number of amides is 1. The highest BCUT2D eigenvalue weighted by Gasteiger charge is 2.22. The van der Waals surface area contributed by atoms with Crippen LogP contribution in [0.2, 0.25) is 5.02 Å². The number of hydrogen-bond acceptors (Lipinski definition) is 3. The van der Waals surface area contributed by atoms with Gasteiger partial charge >= 0.3 is 0 Å². The molecule has 138 valence electrons. The van der Waals surface area contributed by atoms with E-state index < -0.39 is 0 Å². The quantitative estimate of drug-likeness (QED) is 0.780. The molecule has 1 amide bonds. The van der Waals surface area contributed by atoms with Crippen molar-refractivity contribution in [2.45, 2.75) is 38.4 Å². The van der Waals surface area contributed by atoms with Gasteiger partial charge in [0.25, 0.3) is 5.91 Å². The van der Waals surface area contributed by atoms with E-state index in [4.69, 9.17) is 16.3 Å². The molecular weight excluding hydrogens is 350 g/mol. The Hall–Kier alpha value is -2.04. The maximum atomic E-state index is 12.1. The third-order valence-electron chi connectivity index (χ3n) is 4.87. The van der Waals surface area contributed by atoms with Gasteiger partial charge in [-0.3, -0.25) is 4.79 Å². The first-order valence-electron chi connectivity index (χ1n) is 9.03. The van der Waals surface area contributed by atoms with E-state index in [2.05, 4.69) is 5.32 Å². The van der Waals surface area contributed by atoms with E-state index in [-0.39, 0.29) is 17.8 Å². The van der Waals surface area contributed by atoms with Gasteiger partial charge in [0.05, 0.1) is 12.7 Å². The number of benzene rings is 2. The van der Waals surface area contributed by atoms with Crippen molar-refractivity contribution in [2.75, 3.05) is 6.54 Å². The lowest BCUT2D eigenvalue weighted by atomic mass is 9.87. The summed E-state index contributed by atoms with van der Waals surface area (Å²) >= 11 is 5.89. The van der Waals surface area contributed by atoms with E-state index >= 15 is 0 Å². The van der Waals surface area contributed by atoms with Crippen LogP contribution in [0.25, 0.3) is 0 Å². The van der Waals surface area contributed by atoms with E-state index in [1.165, 1.54) is 12.1 Å². The lowest BCUT2D eigenvalue weighted by Gasteiger charge is -2.28. The average molecular weight is 374 g/mol. The van der Waals surface area contributed by atoms with Gasteiger partial charge in [0.2, 0.25) is 0 Å². The number of halogens is 1. The summed E-state index contributed by atoms with van der Waals surface area (Å²) in [6.07, 6.45) is 4.44. The van der Waals surface area contributed by atoms with Crippen LogP contribution in [-0.2, 0) is 11.3 Å². The van der Waals surface area contributed by atoms with E-state index in [9.17, 15) is 9.90 Å². The Morgan fingerprint density at radius 2 is 1.69 bits per heavy atom. The van der Waals surface area contributed by atoms with Crippen LogP contribution in [0.15, 0.2) is 48.5 Å². The van der Waals surface area contributed by atoms with Gasteiger partial charge in [-0.15, -0.1) is 0 Å². The first-order chi connectivity index (χ1) is 12.6. The average Bonchev–Trinajstić information content (AvgIpc) is 2.67. The standard InChI is InChI=1S/C21H24ClNO3/c22-18-7-1-16(2-8-18)14-26-20-11-3-15(4-12-20)13-23-21(25)17-5-9-19(24)10-6-17/h1-2,5-10,15,20,24H,3-4,11-14H2,(H,23,25). The van der Waals surface area contributed by atoms with E-state index in [1.807, 2.05) is 24.3 Å². The minimum absolute atomic E-state index is 0.0916. The fourth-order valence-electron chi connectivity index (χ4n) is 3.25. The topological polar surface area (TPSA) is 58.6 Å². The summed E-state index contributed by atoms with van der Waals surface area (Å²) < 4.78 is 6.01. The molecular formula is C21H24ClNO3. The predicted octanol–water partition coefficient (Wildman–Crippen LogP) is 4.55. The highest BCUT2D eigenvalue weighted by Crippen LogP contribution is 2.26. The molecule has 0 heterocycles. The van der Waals surface area contributed by atoms with Gasteiger partial charge in [-0.05, 0) is 73.6 Å². The fourth-order valence-corrected chi connectivity index (χ4v) is 3.38. The van der Waals surface area contributed by atoms with Crippen molar-refractivity contribution < 1.29 is 14.6 Å². The summed E-state index contributed by atoms with van der Waals surface area (Å²) in [4.78, 5) is 12.1. The Bertz CT molecular complexity index is 707. The van der Waals surface area contributed by atoms with E-state index in [1.54, 1.807) is 12.1 Å². The molecule has 0 radical (unpaired) electrons. The third-order valence-corrected chi connectivity index (χ3v) is 5.13. The monoisotopic (exact) mass is 373 g/mol. The van der Waals surface area contributed by atoms with E-state index in [0.29, 0.717) is 24.6 Å². The van der Waals surface area contributed by atoms with Gasteiger partial charge in [0.1, 0.15) is 5.75 Å². The number of phenols is 1. The minimum atomic E-state index is -0.0916. The number of hydrogen-bond donors (Lipinski definition) is 2. The van der Waals surface area contributed by atoms with Crippen LogP contribution >= 0.6 is 11.6 Å². The van der Waals surface area contributed by atoms with Gasteiger partial charge < -0.3 is 15.2 Å². The number of ether oxygens (including phenoxy) is 1. The van der Waals surface area contributed by atoms with Crippen LogP contribution in [0, 0.1) is 5.92 Å². The summed E-state index contributed by atoms with van der Waals surface area (Å²) in [5.41, 5.74) is 1.71. The van der Waals surface area contributed by atoms with Crippen LogP contribution in [0.3, 0.4) is 0 Å². The zero-order valence-corrected chi connectivity index (χ0v) is 15.4. The highest BCUT2D eigenvalue weighted by atomic mass is 35.5. The molecule has 0 unspecified atom stereocenters. The predicted molar refractivity (Wildman–Crippen MR) is 102 cm³/mol. The molecule has 1 saturated carbocycles. The maximum Gasteiger partial charge on any atom is 0.251 e. The van der Waals surface area contributed by atoms with Crippen molar-refractivity contribution in [2.24, 2.45) is 5.92 Å². The Morgan fingerprint density at radius 3 is 2.35 bits per heavy atom. The molecule has 2 aromatic rings. The smallest absolute Gasteiger partial charge is 0.251 e. The van der Waals surface area contributed by atoms with Crippen molar-refractivity contribution in [1.29, 1.82) is 0 Å². The summed E-state index contributed by atoms with van der Waals surface area (Å²) in [6, 6.07) is 14.1. The Morgan fingerprint density at radius 1 is 1.04 bits per heavy atom. The van der Waals surface area contributed by atoms with Crippen LogP contribution < -0.4 is 5.32 Å². The molecule has 4 nitrogen and oxygen atoms in total. The third kappa shape index (κ3) is 5.48. The van der Waals surface area contributed by atoms with Crippen LogP contribution in [0.1, 0.15) is 41.6 Å². The molecule has 0 atom stereocenters. The van der Waals surface area contributed by atoms with Gasteiger partial charge in [0.15, 0.2) is 0 Å². The van der Waals surface area contributed by atoms with Gasteiger partial charge in [-0.25, -0.2) is 0 Å². The number of aromatic hydroxyl groups is 1. The molecule has 0 spiro atoms. The lowest BCUT2D eigenvalue weighted by molar-refractivity contribution is 0.00731. The van der Waals surface area contributed by atoms with Crippen molar-refractivity contribution in [1.82, 2.24) is 5.32 Å². The molecule has 5 heteroatoms.